The average Bonchev–Trinajstić information content (AvgIpc) is 2.50. The van der Waals surface area contributed by atoms with E-state index in [1.54, 1.807) is 30.5 Å². The van der Waals surface area contributed by atoms with E-state index in [0.29, 0.717) is 22.8 Å². The van der Waals surface area contributed by atoms with Gasteiger partial charge in [0.1, 0.15) is 5.82 Å². The number of hydrogen-bond donors (Lipinski definition) is 3. The van der Waals surface area contributed by atoms with Gasteiger partial charge in [-0.05, 0) is 30.7 Å². The Morgan fingerprint density at radius 3 is 2.81 bits per heavy atom. The van der Waals surface area contributed by atoms with Gasteiger partial charge in [0.15, 0.2) is 0 Å². The van der Waals surface area contributed by atoms with Gasteiger partial charge in [-0.25, -0.2) is 4.98 Å². The number of carbonyl (C=O) groups is 1. The normalized spacial score (nSPS) is 10.1. The Morgan fingerprint density at radius 2 is 2.05 bits per heavy atom. The Balaban J connectivity index is 2.13. The maximum absolute atomic E-state index is 12.4. The molecule has 1 amide bonds. The van der Waals surface area contributed by atoms with Crippen LogP contribution >= 0.6 is 0 Å². The Bertz CT molecular complexity index is 613. The average molecular weight is 284 g/mol. The zero-order valence-electron chi connectivity index (χ0n) is 12.1. The standard InChI is InChI=1S/C16H20N4O/c1-2-3-10-18-15-12(7-6-11-19-15)16(21)20-14-9-5-4-8-13(14)17/h4-9,11H,2-3,10,17H2,1H3,(H,18,19)(H,20,21). The van der Waals surface area contributed by atoms with Crippen molar-refractivity contribution in [1.29, 1.82) is 0 Å². The molecule has 1 aromatic heterocycles. The highest BCUT2D eigenvalue weighted by molar-refractivity contribution is 6.08. The fraction of sp³-hybridized carbons (Fsp3) is 0.250. The SMILES string of the molecule is CCCCNc1ncccc1C(=O)Nc1ccccc1N. The molecule has 2 aromatic rings. The summed E-state index contributed by atoms with van der Waals surface area (Å²) < 4.78 is 0. The van der Waals surface area contributed by atoms with Crippen molar-refractivity contribution in [3.05, 3.63) is 48.2 Å². The smallest absolute Gasteiger partial charge is 0.259 e. The summed E-state index contributed by atoms with van der Waals surface area (Å²) in [6.07, 6.45) is 3.78. The van der Waals surface area contributed by atoms with Crippen molar-refractivity contribution in [2.45, 2.75) is 19.8 Å². The van der Waals surface area contributed by atoms with Gasteiger partial charge >= 0.3 is 0 Å². The minimum Gasteiger partial charge on any atom is -0.397 e. The first-order valence-electron chi connectivity index (χ1n) is 7.07. The topological polar surface area (TPSA) is 80.0 Å². The van der Waals surface area contributed by atoms with Gasteiger partial charge in [0.25, 0.3) is 5.91 Å². The number of hydrogen-bond acceptors (Lipinski definition) is 4. The second-order valence-corrected chi connectivity index (χ2v) is 4.72. The molecular weight excluding hydrogens is 264 g/mol. The molecule has 2 rings (SSSR count). The number of carbonyl (C=O) groups excluding carboxylic acids is 1. The molecule has 5 heteroatoms. The molecule has 5 nitrogen and oxygen atoms in total. The van der Waals surface area contributed by atoms with Crippen molar-refractivity contribution in [2.24, 2.45) is 0 Å². The second kappa shape index (κ2) is 7.28. The number of nitrogen functional groups attached to an aromatic ring is 1. The number of nitrogens with two attached hydrogens (primary N) is 1. The fourth-order valence-electron chi connectivity index (χ4n) is 1.91. The van der Waals surface area contributed by atoms with Gasteiger partial charge in [-0.1, -0.05) is 25.5 Å². The summed E-state index contributed by atoms with van der Waals surface area (Å²) >= 11 is 0. The molecule has 4 N–H and O–H groups in total. The molecule has 0 saturated carbocycles. The summed E-state index contributed by atoms with van der Waals surface area (Å²) in [7, 11) is 0. The molecule has 1 aromatic carbocycles. The lowest BCUT2D eigenvalue weighted by Gasteiger charge is -2.12. The molecule has 0 radical (unpaired) electrons. The lowest BCUT2D eigenvalue weighted by molar-refractivity contribution is 0.102. The molecule has 110 valence electrons. The largest absolute Gasteiger partial charge is 0.397 e. The number of benzene rings is 1. The molecule has 0 saturated heterocycles. The first-order valence-corrected chi connectivity index (χ1v) is 7.07. The molecule has 0 aliphatic heterocycles. The fourth-order valence-corrected chi connectivity index (χ4v) is 1.91. The quantitative estimate of drug-likeness (QED) is 0.562. The Labute approximate surface area is 124 Å². The van der Waals surface area contributed by atoms with Crippen molar-refractivity contribution < 1.29 is 4.79 Å². The maximum Gasteiger partial charge on any atom is 0.259 e. The van der Waals surface area contributed by atoms with Crippen LogP contribution < -0.4 is 16.4 Å². The van der Waals surface area contributed by atoms with Crippen LogP contribution in [0.5, 0.6) is 0 Å². The molecule has 0 atom stereocenters. The predicted molar refractivity (Wildman–Crippen MR) is 86.4 cm³/mol. The third-order valence-electron chi connectivity index (χ3n) is 3.08. The van der Waals surface area contributed by atoms with Crippen LogP contribution in [0.3, 0.4) is 0 Å². The Morgan fingerprint density at radius 1 is 1.24 bits per heavy atom. The number of unbranched alkanes of at least 4 members (excludes halogenated alkanes) is 1. The lowest BCUT2D eigenvalue weighted by atomic mass is 10.2. The Hall–Kier alpha value is -2.56. The zero-order chi connectivity index (χ0) is 15.1. The molecule has 1 heterocycles. The lowest BCUT2D eigenvalue weighted by Crippen LogP contribution is -2.16. The molecule has 21 heavy (non-hydrogen) atoms. The molecular formula is C16H20N4O. The summed E-state index contributed by atoms with van der Waals surface area (Å²) in [6.45, 7) is 2.91. The molecule has 0 spiro atoms. The van der Waals surface area contributed by atoms with Crippen molar-refractivity contribution in [3.63, 3.8) is 0 Å². The van der Waals surface area contributed by atoms with Crippen LogP contribution in [0.2, 0.25) is 0 Å². The summed E-state index contributed by atoms with van der Waals surface area (Å²) in [5.41, 5.74) is 7.49. The number of nitrogens with one attached hydrogen (secondary N) is 2. The van der Waals surface area contributed by atoms with Crippen molar-refractivity contribution in [1.82, 2.24) is 4.98 Å². The van der Waals surface area contributed by atoms with Crippen LogP contribution in [0.15, 0.2) is 42.6 Å². The van der Waals surface area contributed by atoms with Gasteiger partial charge in [0.05, 0.1) is 16.9 Å². The number of rotatable bonds is 6. The van der Waals surface area contributed by atoms with Gasteiger partial charge < -0.3 is 16.4 Å². The number of anilines is 3. The van der Waals surface area contributed by atoms with Crippen LogP contribution in [0.25, 0.3) is 0 Å². The van der Waals surface area contributed by atoms with Gasteiger partial charge in [0, 0.05) is 12.7 Å². The van der Waals surface area contributed by atoms with E-state index in [9.17, 15) is 4.79 Å². The summed E-state index contributed by atoms with van der Waals surface area (Å²) in [4.78, 5) is 16.6. The van der Waals surface area contributed by atoms with E-state index >= 15 is 0 Å². The third-order valence-corrected chi connectivity index (χ3v) is 3.08. The van der Waals surface area contributed by atoms with Crippen LogP contribution in [-0.2, 0) is 0 Å². The van der Waals surface area contributed by atoms with Gasteiger partial charge in [-0.3, -0.25) is 4.79 Å². The monoisotopic (exact) mass is 284 g/mol. The van der Waals surface area contributed by atoms with E-state index in [-0.39, 0.29) is 5.91 Å². The van der Waals surface area contributed by atoms with E-state index < -0.39 is 0 Å². The van der Waals surface area contributed by atoms with Gasteiger partial charge in [-0.15, -0.1) is 0 Å². The van der Waals surface area contributed by atoms with Crippen molar-refractivity contribution >= 4 is 23.1 Å². The van der Waals surface area contributed by atoms with E-state index in [1.807, 2.05) is 12.1 Å². The predicted octanol–water partition coefficient (Wildman–Crippen LogP) is 3.13. The Kier molecular flexibility index (Phi) is 5.15. The van der Waals surface area contributed by atoms with E-state index in [0.717, 1.165) is 19.4 Å². The van der Waals surface area contributed by atoms with E-state index in [2.05, 4.69) is 22.5 Å². The number of pyridine rings is 1. The molecule has 0 aliphatic carbocycles. The van der Waals surface area contributed by atoms with E-state index in [1.165, 1.54) is 0 Å². The minimum atomic E-state index is -0.222. The summed E-state index contributed by atoms with van der Waals surface area (Å²) in [6, 6.07) is 10.7. The third kappa shape index (κ3) is 3.95. The maximum atomic E-state index is 12.4. The molecule has 0 fully saturated rings. The van der Waals surface area contributed by atoms with Crippen molar-refractivity contribution in [2.75, 3.05) is 22.9 Å². The van der Waals surface area contributed by atoms with Crippen LogP contribution in [0, 0.1) is 0 Å². The van der Waals surface area contributed by atoms with Gasteiger partial charge in [0.2, 0.25) is 0 Å². The summed E-state index contributed by atoms with van der Waals surface area (Å²) in [5.74, 6) is 0.373. The number of nitrogens with zero attached hydrogens (tertiary/aromatic N) is 1. The van der Waals surface area contributed by atoms with Crippen LogP contribution in [-0.4, -0.2) is 17.4 Å². The molecule has 0 bridgehead atoms. The first kappa shape index (κ1) is 14.8. The highest BCUT2D eigenvalue weighted by Crippen LogP contribution is 2.19. The van der Waals surface area contributed by atoms with Gasteiger partial charge in [-0.2, -0.15) is 0 Å². The molecule has 0 unspecified atom stereocenters. The molecule has 0 aliphatic rings. The second-order valence-electron chi connectivity index (χ2n) is 4.72. The van der Waals surface area contributed by atoms with Crippen molar-refractivity contribution in [3.8, 4) is 0 Å². The van der Waals surface area contributed by atoms with E-state index in [4.69, 9.17) is 5.73 Å². The number of amides is 1. The number of aromatic nitrogens is 1. The zero-order valence-corrected chi connectivity index (χ0v) is 12.1. The number of para-hydroxylation sites is 2. The highest BCUT2D eigenvalue weighted by atomic mass is 16.1. The minimum absolute atomic E-state index is 0.222. The summed E-state index contributed by atoms with van der Waals surface area (Å²) in [5, 5.41) is 6.01. The highest BCUT2D eigenvalue weighted by Gasteiger charge is 2.13. The first-order chi connectivity index (χ1) is 10.2. The van der Waals surface area contributed by atoms with Crippen LogP contribution in [0.1, 0.15) is 30.1 Å². The van der Waals surface area contributed by atoms with Crippen LogP contribution in [0.4, 0.5) is 17.2 Å².